The fourth-order valence-corrected chi connectivity index (χ4v) is 3.09. The highest BCUT2D eigenvalue weighted by Crippen LogP contribution is 2.28. The summed E-state index contributed by atoms with van der Waals surface area (Å²) >= 11 is 0. The van der Waals surface area contributed by atoms with E-state index in [1.165, 1.54) is 0 Å². The molecule has 0 spiro atoms. The van der Waals surface area contributed by atoms with Gasteiger partial charge in [-0.3, -0.25) is 9.78 Å². The maximum Gasteiger partial charge on any atom is 0.256 e. The van der Waals surface area contributed by atoms with E-state index in [4.69, 9.17) is 4.98 Å². The molecule has 28 heavy (non-hydrogen) atoms. The van der Waals surface area contributed by atoms with E-state index in [2.05, 4.69) is 29.2 Å². The highest BCUT2D eigenvalue weighted by atomic mass is 16.1. The summed E-state index contributed by atoms with van der Waals surface area (Å²) in [6, 6.07) is 15.1. The predicted molar refractivity (Wildman–Crippen MR) is 109 cm³/mol. The Bertz CT molecular complexity index is 1110. The minimum Gasteiger partial charge on any atom is -0.306 e. The number of anilines is 1. The van der Waals surface area contributed by atoms with Crippen LogP contribution in [-0.4, -0.2) is 25.5 Å². The van der Waals surface area contributed by atoms with Crippen molar-refractivity contribution in [3.8, 4) is 11.3 Å². The van der Waals surface area contributed by atoms with E-state index in [9.17, 15) is 4.79 Å². The number of carbonyl (C=O) groups is 1. The first-order chi connectivity index (χ1) is 13.7. The van der Waals surface area contributed by atoms with E-state index in [1.807, 2.05) is 42.6 Å². The number of benzene rings is 1. The molecule has 4 aromatic rings. The average Bonchev–Trinajstić information content (AvgIpc) is 3.18. The molecule has 3 aromatic heterocycles. The summed E-state index contributed by atoms with van der Waals surface area (Å²) in [5, 5.41) is 7.47. The smallest absolute Gasteiger partial charge is 0.256 e. The highest BCUT2D eigenvalue weighted by Gasteiger charge is 2.17. The summed E-state index contributed by atoms with van der Waals surface area (Å²) < 4.78 is 1.70. The van der Waals surface area contributed by atoms with Crippen LogP contribution >= 0.6 is 0 Å². The largest absolute Gasteiger partial charge is 0.306 e. The molecular formula is C22H21N5O. The second-order valence-corrected chi connectivity index (χ2v) is 6.73. The Kier molecular flexibility index (Phi) is 4.85. The van der Waals surface area contributed by atoms with Gasteiger partial charge >= 0.3 is 0 Å². The van der Waals surface area contributed by atoms with Gasteiger partial charge in [-0.2, -0.15) is 9.61 Å². The summed E-state index contributed by atoms with van der Waals surface area (Å²) in [7, 11) is 0. The van der Waals surface area contributed by atoms with Crippen molar-refractivity contribution in [2.45, 2.75) is 26.2 Å². The van der Waals surface area contributed by atoms with E-state index in [0.717, 1.165) is 28.9 Å². The zero-order valence-corrected chi connectivity index (χ0v) is 15.8. The topological polar surface area (TPSA) is 72.2 Å². The number of rotatable bonds is 5. The second kappa shape index (κ2) is 7.60. The molecule has 0 aliphatic rings. The summed E-state index contributed by atoms with van der Waals surface area (Å²) in [6.07, 6.45) is 6.02. The number of fused-ring (bicyclic) bond motifs is 1. The molecule has 0 aliphatic heterocycles. The van der Waals surface area contributed by atoms with Crippen LogP contribution in [0.5, 0.6) is 0 Å². The Labute approximate surface area is 163 Å². The maximum atomic E-state index is 12.7. The molecule has 0 radical (unpaired) electrons. The zero-order valence-electron chi connectivity index (χ0n) is 15.8. The molecule has 1 N–H and O–H groups in total. The Morgan fingerprint density at radius 3 is 2.61 bits per heavy atom. The number of carbonyl (C=O) groups excluding carboxylic acids is 1. The number of nitrogens with zero attached hydrogens (tertiary/aromatic N) is 4. The number of pyridine rings is 1. The fraction of sp³-hybridized carbons (Fsp3) is 0.182. The molecule has 6 heteroatoms. The third kappa shape index (κ3) is 3.36. The maximum absolute atomic E-state index is 12.7. The van der Waals surface area contributed by atoms with Crippen molar-refractivity contribution in [2.75, 3.05) is 5.32 Å². The molecule has 1 atom stereocenters. The van der Waals surface area contributed by atoms with Gasteiger partial charge in [-0.15, -0.1) is 0 Å². The van der Waals surface area contributed by atoms with E-state index < -0.39 is 0 Å². The number of nitrogens with one attached hydrogen (secondary N) is 1. The summed E-state index contributed by atoms with van der Waals surface area (Å²) in [4.78, 5) is 21.5. The predicted octanol–water partition coefficient (Wildman–Crippen LogP) is 4.56. The number of hydrogen-bond donors (Lipinski definition) is 1. The van der Waals surface area contributed by atoms with Gasteiger partial charge in [0.2, 0.25) is 0 Å². The first-order valence-corrected chi connectivity index (χ1v) is 9.33. The van der Waals surface area contributed by atoms with E-state index >= 15 is 0 Å². The molecule has 6 nitrogen and oxygen atoms in total. The summed E-state index contributed by atoms with van der Waals surface area (Å²) in [5.41, 5.74) is 4.15. The first kappa shape index (κ1) is 17.9. The third-order valence-electron chi connectivity index (χ3n) is 4.90. The van der Waals surface area contributed by atoms with Crippen LogP contribution in [0.25, 0.3) is 16.9 Å². The van der Waals surface area contributed by atoms with Crippen molar-refractivity contribution < 1.29 is 4.79 Å². The van der Waals surface area contributed by atoms with E-state index in [1.54, 1.807) is 29.0 Å². The molecule has 1 aromatic carbocycles. The van der Waals surface area contributed by atoms with Crippen molar-refractivity contribution in [3.05, 3.63) is 78.2 Å². The van der Waals surface area contributed by atoms with Crippen LogP contribution in [0.4, 0.5) is 5.82 Å². The number of amides is 1. The fourth-order valence-electron chi connectivity index (χ4n) is 3.09. The summed E-state index contributed by atoms with van der Waals surface area (Å²) in [5.74, 6) is 0.689. The molecule has 0 fully saturated rings. The Balaban J connectivity index is 1.84. The molecule has 1 unspecified atom stereocenters. The standard InChI is InChI=1S/C22H21N5O/c1-3-15(2)18-14-24-27-20(26-22(28)17-9-11-23-12-10-17)13-19(25-21(18)27)16-7-5-4-6-8-16/h4-15H,3H2,1-2H3,(H,26,28). The Morgan fingerprint density at radius 1 is 1.14 bits per heavy atom. The molecule has 0 saturated carbocycles. The summed E-state index contributed by atoms with van der Waals surface area (Å²) in [6.45, 7) is 4.30. The van der Waals surface area contributed by atoms with Gasteiger partial charge in [0.05, 0.1) is 11.9 Å². The van der Waals surface area contributed by atoms with Crippen LogP contribution in [0.3, 0.4) is 0 Å². The molecule has 4 rings (SSSR count). The minimum atomic E-state index is -0.213. The molecule has 1 amide bonds. The monoisotopic (exact) mass is 371 g/mol. The quantitative estimate of drug-likeness (QED) is 0.558. The molecule has 3 heterocycles. The third-order valence-corrected chi connectivity index (χ3v) is 4.90. The molecule has 0 saturated heterocycles. The molecule has 0 aliphatic carbocycles. The molecular weight excluding hydrogens is 350 g/mol. The van der Waals surface area contributed by atoms with Gasteiger partial charge in [-0.25, -0.2) is 4.98 Å². The lowest BCUT2D eigenvalue weighted by atomic mass is 10.0. The van der Waals surface area contributed by atoms with E-state index in [0.29, 0.717) is 17.3 Å². The van der Waals surface area contributed by atoms with Crippen LogP contribution in [0.15, 0.2) is 67.1 Å². The minimum absolute atomic E-state index is 0.213. The second-order valence-electron chi connectivity index (χ2n) is 6.73. The van der Waals surface area contributed by atoms with Gasteiger partial charge < -0.3 is 5.32 Å². The molecule has 140 valence electrons. The first-order valence-electron chi connectivity index (χ1n) is 9.33. The van der Waals surface area contributed by atoms with Crippen LogP contribution in [-0.2, 0) is 0 Å². The molecule has 0 bridgehead atoms. The normalized spacial score (nSPS) is 12.1. The number of aromatic nitrogens is 4. The van der Waals surface area contributed by atoms with Gasteiger partial charge in [-0.1, -0.05) is 44.2 Å². The average molecular weight is 371 g/mol. The van der Waals surface area contributed by atoms with Crippen molar-refractivity contribution in [2.24, 2.45) is 0 Å². The van der Waals surface area contributed by atoms with Crippen molar-refractivity contribution in [1.82, 2.24) is 19.6 Å². The zero-order chi connectivity index (χ0) is 19.5. The van der Waals surface area contributed by atoms with Gasteiger partial charge in [0.15, 0.2) is 5.65 Å². The van der Waals surface area contributed by atoms with Crippen LogP contribution in [0, 0.1) is 0 Å². The SMILES string of the molecule is CCC(C)c1cnn2c(NC(=O)c3ccncc3)cc(-c3ccccc3)nc12. The van der Waals surface area contributed by atoms with Gasteiger partial charge in [0, 0.05) is 35.2 Å². The van der Waals surface area contributed by atoms with Crippen molar-refractivity contribution >= 4 is 17.4 Å². The number of hydrogen-bond acceptors (Lipinski definition) is 4. The van der Waals surface area contributed by atoms with Crippen LogP contribution < -0.4 is 5.32 Å². The lowest BCUT2D eigenvalue weighted by molar-refractivity contribution is 0.102. The van der Waals surface area contributed by atoms with Gasteiger partial charge in [0.25, 0.3) is 5.91 Å². The Morgan fingerprint density at radius 2 is 1.89 bits per heavy atom. The van der Waals surface area contributed by atoms with Gasteiger partial charge in [-0.05, 0) is 24.5 Å². The van der Waals surface area contributed by atoms with E-state index in [-0.39, 0.29) is 5.91 Å². The van der Waals surface area contributed by atoms with Crippen LogP contribution in [0.1, 0.15) is 42.1 Å². The van der Waals surface area contributed by atoms with Crippen LogP contribution in [0.2, 0.25) is 0 Å². The van der Waals surface area contributed by atoms with Crippen molar-refractivity contribution in [3.63, 3.8) is 0 Å². The van der Waals surface area contributed by atoms with Gasteiger partial charge in [0.1, 0.15) is 5.82 Å². The Hall–Kier alpha value is -3.54. The highest BCUT2D eigenvalue weighted by molar-refractivity contribution is 6.04. The lowest BCUT2D eigenvalue weighted by Crippen LogP contribution is -2.15. The van der Waals surface area contributed by atoms with Crippen molar-refractivity contribution in [1.29, 1.82) is 0 Å². The lowest BCUT2D eigenvalue weighted by Gasteiger charge is -2.12.